The molecule has 154 valence electrons. The largest absolute Gasteiger partial charge is 0.394 e. The molecule has 0 rings (SSSR count). The van der Waals surface area contributed by atoms with Crippen LogP contribution in [0.2, 0.25) is 0 Å². The van der Waals surface area contributed by atoms with Gasteiger partial charge in [-0.05, 0) is 20.8 Å². The summed E-state index contributed by atoms with van der Waals surface area (Å²) in [6, 6.07) is 0. The molecular formula is C15H34O10. The predicted molar refractivity (Wildman–Crippen MR) is 87.8 cm³/mol. The molecule has 7 unspecified atom stereocenters. The smallest absolute Gasteiger partial charge is 0.111 e. The van der Waals surface area contributed by atoms with Crippen molar-refractivity contribution in [3.63, 3.8) is 0 Å². The van der Waals surface area contributed by atoms with Crippen LogP contribution in [0.15, 0.2) is 0 Å². The first-order chi connectivity index (χ1) is 11.6. The Morgan fingerprint density at radius 2 is 1.00 bits per heavy atom. The van der Waals surface area contributed by atoms with Gasteiger partial charge in [-0.1, -0.05) is 0 Å². The van der Waals surface area contributed by atoms with Crippen LogP contribution in [0.4, 0.5) is 0 Å². The molecule has 0 aliphatic rings. The summed E-state index contributed by atoms with van der Waals surface area (Å²) in [5, 5.41) is 69.8. The molecule has 25 heavy (non-hydrogen) atoms. The molecule has 0 aliphatic heterocycles. The van der Waals surface area contributed by atoms with Gasteiger partial charge in [0, 0.05) is 0 Å². The van der Waals surface area contributed by atoms with Crippen LogP contribution in [0.5, 0.6) is 0 Å². The Hall–Kier alpha value is -0.400. The first-order valence-electron chi connectivity index (χ1n) is 8.06. The molecule has 0 fully saturated rings. The normalized spacial score (nSPS) is 19.8. The minimum absolute atomic E-state index is 0.0170. The summed E-state index contributed by atoms with van der Waals surface area (Å²) in [5.74, 6) is 0. The van der Waals surface area contributed by atoms with Gasteiger partial charge in [0.15, 0.2) is 0 Å². The minimum Gasteiger partial charge on any atom is -0.394 e. The highest BCUT2D eigenvalue weighted by Gasteiger charge is 2.29. The Morgan fingerprint density at radius 1 is 0.600 bits per heavy atom. The number of hydrogen-bond acceptors (Lipinski definition) is 10. The molecule has 10 heteroatoms. The van der Waals surface area contributed by atoms with E-state index in [2.05, 4.69) is 0 Å². The average Bonchev–Trinajstić information content (AvgIpc) is 2.61. The van der Waals surface area contributed by atoms with Gasteiger partial charge in [0.05, 0.1) is 51.3 Å². The van der Waals surface area contributed by atoms with E-state index in [4.69, 9.17) is 50.3 Å². The second kappa shape index (κ2) is 15.8. The van der Waals surface area contributed by atoms with Crippen LogP contribution in [0.3, 0.4) is 0 Å². The highest BCUT2D eigenvalue weighted by molar-refractivity contribution is 4.79. The van der Waals surface area contributed by atoms with Gasteiger partial charge in [0.25, 0.3) is 0 Å². The van der Waals surface area contributed by atoms with Crippen molar-refractivity contribution in [1.29, 1.82) is 0 Å². The van der Waals surface area contributed by atoms with Crippen LogP contribution in [0.1, 0.15) is 20.8 Å². The van der Waals surface area contributed by atoms with Crippen molar-refractivity contribution in [2.75, 3.05) is 33.0 Å². The molecule has 0 aromatic carbocycles. The molecular weight excluding hydrogens is 340 g/mol. The van der Waals surface area contributed by atoms with E-state index in [0.717, 1.165) is 0 Å². The fourth-order valence-corrected chi connectivity index (χ4v) is 1.38. The molecule has 8 N–H and O–H groups in total. The molecule has 0 spiro atoms. The zero-order chi connectivity index (χ0) is 20.0. The number of ether oxygens (including phenoxy) is 2. The van der Waals surface area contributed by atoms with Gasteiger partial charge in [-0.25, -0.2) is 0 Å². The summed E-state index contributed by atoms with van der Waals surface area (Å²) in [6.07, 6.45) is -7.05. The minimum atomic E-state index is -1.67. The molecule has 0 bridgehead atoms. The van der Waals surface area contributed by atoms with Gasteiger partial charge >= 0.3 is 0 Å². The highest BCUT2D eigenvalue weighted by atomic mass is 16.5. The first-order valence-corrected chi connectivity index (χ1v) is 8.06. The van der Waals surface area contributed by atoms with Crippen LogP contribution in [-0.2, 0) is 9.47 Å². The van der Waals surface area contributed by atoms with Crippen molar-refractivity contribution >= 4 is 0 Å². The van der Waals surface area contributed by atoms with Crippen molar-refractivity contribution in [3.05, 3.63) is 0 Å². The van der Waals surface area contributed by atoms with Crippen LogP contribution in [0.25, 0.3) is 0 Å². The molecule has 10 nitrogen and oxygen atoms in total. The first kappa shape index (κ1) is 26.8. The van der Waals surface area contributed by atoms with Gasteiger partial charge in [0.1, 0.15) is 24.4 Å². The molecule has 0 amide bonds. The topological polar surface area (TPSA) is 180 Å². The van der Waals surface area contributed by atoms with Gasteiger partial charge in [0.2, 0.25) is 0 Å². The summed E-state index contributed by atoms with van der Waals surface area (Å²) >= 11 is 0. The van der Waals surface area contributed by atoms with Crippen molar-refractivity contribution < 1.29 is 50.3 Å². The lowest BCUT2D eigenvalue weighted by Gasteiger charge is -2.24. The third-order valence-electron chi connectivity index (χ3n) is 3.01. The summed E-state index contributed by atoms with van der Waals surface area (Å²) in [5.41, 5.74) is 0. The monoisotopic (exact) mass is 374 g/mol. The molecule has 0 saturated heterocycles. The third-order valence-corrected chi connectivity index (χ3v) is 3.01. The standard InChI is InChI=1S/C9H20O4.C6H14O6/c1-7(11)5-12-9(3)6-13-8(2)4-10;7-1-3(9)5(11)6(12)4(10)2-8/h7-11H,4-6H2,1-3H3;3-12H,1-2H2. The fraction of sp³-hybridized carbons (Fsp3) is 1.00. The van der Waals surface area contributed by atoms with E-state index in [1.807, 2.05) is 6.92 Å². The third kappa shape index (κ3) is 14.5. The van der Waals surface area contributed by atoms with Crippen LogP contribution < -0.4 is 0 Å². The Labute approximate surface area is 147 Å². The fourth-order valence-electron chi connectivity index (χ4n) is 1.38. The maximum Gasteiger partial charge on any atom is 0.111 e. The predicted octanol–water partition coefficient (Wildman–Crippen LogP) is -3.42. The molecule has 0 saturated carbocycles. The van der Waals surface area contributed by atoms with E-state index in [0.29, 0.717) is 13.2 Å². The van der Waals surface area contributed by atoms with Gasteiger partial charge in [-0.2, -0.15) is 0 Å². The summed E-state index contributed by atoms with van der Waals surface area (Å²) < 4.78 is 10.5. The zero-order valence-corrected chi connectivity index (χ0v) is 15.0. The summed E-state index contributed by atoms with van der Waals surface area (Å²) in [4.78, 5) is 0. The number of aliphatic hydroxyl groups excluding tert-OH is 8. The van der Waals surface area contributed by atoms with E-state index in [1.54, 1.807) is 13.8 Å². The highest BCUT2D eigenvalue weighted by Crippen LogP contribution is 2.04. The molecule has 0 aromatic heterocycles. The van der Waals surface area contributed by atoms with E-state index < -0.39 is 43.7 Å². The number of rotatable bonds is 12. The van der Waals surface area contributed by atoms with Gasteiger partial charge in [-0.3, -0.25) is 0 Å². The van der Waals surface area contributed by atoms with E-state index in [1.165, 1.54) is 0 Å². The summed E-state index contributed by atoms with van der Waals surface area (Å²) in [6.45, 7) is 4.65. The zero-order valence-electron chi connectivity index (χ0n) is 15.0. The number of hydrogen-bond donors (Lipinski definition) is 8. The average molecular weight is 374 g/mol. The second-order valence-electron chi connectivity index (χ2n) is 5.80. The Morgan fingerprint density at radius 3 is 1.32 bits per heavy atom. The lowest BCUT2D eigenvalue weighted by Crippen LogP contribution is -2.46. The lowest BCUT2D eigenvalue weighted by molar-refractivity contribution is -0.123. The Kier molecular flexibility index (Phi) is 17.0. The van der Waals surface area contributed by atoms with Crippen LogP contribution in [0, 0.1) is 0 Å². The van der Waals surface area contributed by atoms with E-state index in [-0.39, 0.29) is 18.8 Å². The maximum absolute atomic E-state index is 8.96. The second-order valence-corrected chi connectivity index (χ2v) is 5.80. The molecule has 0 aliphatic carbocycles. The van der Waals surface area contributed by atoms with Crippen LogP contribution >= 0.6 is 0 Å². The van der Waals surface area contributed by atoms with E-state index >= 15 is 0 Å². The van der Waals surface area contributed by atoms with Crippen molar-refractivity contribution in [2.24, 2.45) is 0 Å². The summed E-state index contributed by atoms with van der Waals surface area (Å²) in [7, 11) is 0. The molecule has 0 aromatic rings. The van der Waals surface area contributed by atoms with Gasteiger partial charge in [-0.15, -0.1) is 0 Å². The quantitative estimate of drug-likeness (QED) is 0.171. The molecule has 0 radical (unpaired) electrons. The molecule has 0 heterocycles. The number of aliphatic hydroxyl groups is 8. The van der Waals surface area contributed by atoms with Crippen molar-refractivity contribution in [3.8, 4) is 0 Å². The van der Waals surface area contributed by atoms with Crippen LogP contribution in [-0.4, -0.2) is 117 Å². The molecule has 7 atom stereocenters. The maximum atomic E-state index is 8.96. The van der Waals surface area contributed by atoms with Crippen molar-refractivity contribution in [1.82, 2.24) is 0 Å². The van der Waals surface area contributed by atoms with E-state index in [9.17, 15) is 0 Å². The Balaban J connectivity index is 0. The lowest BCUT2D eigenvalue weighted by atomic mass is 10.0. The Bertz CT molecular complexity index is 277. The SMILES string of the molecule is CC(O)COC(C)COC(C)CO.OCC(O)C(O)C(O)C(O)CO. The van der Waals surface area contributed by atoms with Crippen molar-refractivity contribution in [2.45, 2.75) is 63.5 Å². The van der Waals surface area contributed by atoms with Gasteiger partial charge < -0.3 is 50.3 Å².